The van der Waals surface area contributed by atoms with Crippen LogP contribution in [0.25, 0.3) is 11.0 Å². The van der Waals surface area contributed by atoms with E-state index in [0.29, 0.717) is 22.5 Å². The predicted molar refractivity (Wildman–Crippen MR) is 46.2 cm³/mol. The lowest BCUT2D eigenvalue weighted by Gasteiger charge is -2.00. The van der Waals surface area contributed by atoms with Gasteiger partial charge in [-0.25, -0.2) is 15.0 Å². The SMILES string of the molecule is Nc1ccnc2ncnc(N)c12. The highest BCUT2D eigenvalue weighted by Gasteiger charge is 2.03. The molecule has 0 fully saturated rings. The van der Waals surface area contributed by atoms with Crippen molar-refractivity contribution in [3.8, 4) is 0 Å². The van der Waals surface area contributed by atoms with Gasteiger partial charge in [-0.2, -0.15) is 0 Å². The van der Waals surface area contributed by atoms with Gasteiger partial charge in [0.2, 0.25) is 0 Å². The maximum atomic E-state index is 5.66. The van der Waals surface area contributed by atoms with Crippen molar-refractivity contribution in [2.24, 2.45) is 0 Å². The lowest BCUT2D eigenvalue weighted by Crippen LogP contribution is -1.98. The molecule has 0 atom stereocenters. The van der Waals surface area contributed by atoms with Crippen molar-refractivity contribution in [3.63, 3.8) is 0 Å². The third-order valence-corrected chi connectivity index (χ3v) is 1.60. The van der Waals surface area contributed by atoms with Gasteiger partial charge < -0.3 is 11.5 Å². The van der Waals surface area contributed by atoms with E-state index in [9.17, 15) is 0 Å². The first-order chi connectivity index (χ1) is 5.79. The van der Waals surface area contributed by atoms with Gasteiger partial charge in [0.05, 0.1) is 5.39 Å². The van der Waals surface area contributed by atoms with Crippen molar-refractivity contribution in [2.45, 2.75) is 0 Å². The third-order valence-electron chi connectivity index (χ3n) is 1.60. The molecule has 0 unspecified atom stereocenters. The van der Waals surface area contributed by atoms with E-state index in [1.54, 1.807) is 12.3 Å². The highest BCUT2D eigenvalue weighted by molar-refractivity contribution is 5.95. The number of hydrogen-bond donors (Lipinski definition) is 2. The first kappa shape index (κ1) is 6.78. The fourth-order valence-corrected chi connectivity index (χ4v) is 1.04. The summed E-state index contributed by atoms with van der Waals surface area (Å²) < 4.78 is 0. The number of nitrogen functional groups attached to an aromatic ring is 2. The summed E-state index contributed by atoms with van der Waals surface area (Å²) in [5.41, 5.74) is 12.3. The van der Waals surface area contributed by atoms with E-state index < -0.39 is 0 Å². The van der Waals surface area contributed by atoms with E-state index in [0.717, 1.165) is 0 Å². The van der Waals surface area contributed by atoms with Crippen molar-refractivity contribution in [2.75, 3.05) is 11.5 Å². The molecular formula is C7H7N5. The molecule has 0 spiro atoms. The Labute approximate surface area is 68.5 Å². The first-order valence-corrected chi connectivity index (χ1v) is 3.39. The molecule has 2 aromatic heterocycles. The predicted octanol–water partition coefficient (Wildman–Crippen LogP) is 0.189. The van der Waals surface area contributed by atoms with Crippen molar-refractivity contribution >= 4 is 22.5 Å². The Kier molecular flexibility index (Phi) is 1.30. The molecule has 5 heteroatoms. The molecular weight excluding hydrogens is 154 g/mol. The van der Waals surface area contributed by atoms with Gasteiger partial charge in [0.25, 0.3) is 0 Å². The van der Waals surface area contributed by atoms with Crippen LogP contribution in [0.15, 0.2) is 18.6 Å². The van der Waals surface area contributed by atoms with Crippen LogP contribution >= 0.6 is 0 Å². The Morgan fingerprint density at radius 1 is 1.08 bits per heavy atom. The van der Waals surface area contributed by atoms with Crippen LogP contribution in [-0.2, 0) is 0 Å². The van der Waals surface area contributed by atoms with Crippen molar-refractivity contribution in [1.29, 1.82) is 0 Å². The lowest BCUT2D eigenvalue weighted by molar-refractivity contribution is 1.19. The number of hydrogen-bond acceptors (Lipinski definition) is 5. The van der Waals surface area contributed by atoms with Crippen LogP contribution in [0.1, 0.15) is 0 Å². The molecule has 0 aliphatic carbocycles. The second kappa shape index (κ2) is 2.30. The molecule has 0 aliphatic heterocycles. The largest absolute Gasteiger partial charge is 0.398 e. The fourth-order valence-electron chi connectivity index (χ4n) is 1.04. The number of rotatable bonds is 0. The molecule has 0 amide bonds. The minimum atomic E-state index is 0.366. The molecule has 60 valence electrons. The molecule has 0 aliphatic rings. The number of nitrogens with zero attached hydrogens (tertiary/aromatic N) is 3. The second-order valence-electron chi connectivity index (χ2n) is 2.36. The molecule has 0 bridgehead atoms. The van der Waals surface area contributed by atoms with E-state index in [4.69, 9.17) is 11.5 Å². The Bertz CT molecular complexity index is 388. The zero-order valence-electron chi connectivity index (χ0n) is 6.23. The van der Waals surface area contributed by atoms with Crippen LogP contribution in [0, 0.1) is 0 Å². The van der Waals surface area contributed by atoms with E-state index in [2.05, 4.69) is 15.0 Å². The normalized spacial score (nSPS) is 10.3. The van der Waals surface area contributed by atoms with Gasteiger partial charge in [-0.05, 0) is 6.07 Å². The maximum absolute atomic E-state index is 5.66. The molecule has 2 heterocycles. The van der Waals surface area contributed by atoms with E-state index in [1.807, 2.05) is 0 Å². The second-order valence-corrected chi connectivity index (χ2v) is 2.36. The summed E-state index contributed by atoms with van der Waals surface area (Å²) in [6.07, 6.45) is 2.95. The van der Waals surface area contributed by atoms with Crippen LogP contribution in [0.2, 0.25) is 0 Å². The Morgan fingerprint density at radius 2 is 1.92 bits per heavy atom. The summed E-state index contributed by atoms with van der Waals surface area (Å²) >= 11 is 0. The fraction of sp³-hybridized carbons (Fsp3) is 0. The molecule has 12 heavy (non-hydrogen) atoms. The van der Waals surface area contributed by atoms with Crippen LogP contribution in [0.3, 0.4) is 0 Å². The van der Waals surface area contributed by atoms with E-state index in [-0.39, 0.29) is 0 Å². The Balaban J connectivity index is 2.96. The summed E-state index contributed by atoms with van der Waals surface area (Å²) in [4.78, 5) is 11.7. The summed E-state index contributed by atoms with van der Waals surface area (Å²) in [5.74, 6) is 0.366. The number of aromatic nitrogens is 3. The van der Waals surface area contributed by atoms with Crippen molar-refractivity contribution < 1.29 is 0 Å². The topological polar surface area (TPSA) is 90.7 Å². The highest BCUT2D eigenvalue weighted by atomic mass is 15.0. The molecule has 4 N–H and O–H groups in total. The number of fused-ring (bicyclic) bond motifs is 1. The zero-order valence-corrected chi connectivity index (χ0v) is 6.23. The van der Waals surface area contributed by atoms with E-state index >= 15 is 0 Å². The van der Waals surface area contributed by atoms with E-state index in [1.165, 1.54) is 6.33 Å². The monoisotopic (exact) mass is 161 g/mol. The van der Waals surface area contributed by atoms with Gasteiger partial charge in [-0.3, -0.25) is 0 Å². The summed E-state index contributed by atoms with van der Waals surface area (Å²) in [5, 5.41) is 0.625. The van der Waals surface area contributed by atoms with Crippen LogP contribution in [0.5, 0.6) is 0 Å². The standard InChI is InChI=1S/C7H7N5/c8-4-1-2-10-7-5(4)6(9)11-3-12-7/h1-3H,(H4,8,9,10,11,12). The summed E-state index contributed by atoms with van der Waals surface area (Å²) in [6.45, 7) is 0. The summed E-state index contributed by atoms with van der Waals surface area (Å²) in [7, 11) is 0. The number of nitrogens with two attached hydrogens (primary N) is 2. The maximum Gasteiger partial charge on any atom is 0.166 e. The Morgan fingerprint density at radius 3 is 2.67 bits per heavy atom. The molecule has 0 saturated carbocycles. The molecule has 2 aromatic rings. The molecule has 5 nitrogen and oxygen atoms in total. The van der Waals surface area contributed by atoms with Crippen molar-refractivity contribution in [3.05, 3.63) is 18.6 Å². The van der Waals surface area contributed by atoms with Gasteiger partial charge >= 0.3 is 0 Å². The van der Waals surface area contributed by atoms with Crippen molar-refractivity contribution in [1.82, 2.24) is 15.0 Å². The third kappa shape index (κ3) is 0.833. The lowest BCUT2D eigenvalue weighted by atomic mass is 10.3. The minimum Gasteiger partial charge on any atom is -0.398 e. The molecule has 2 rings (SSSR count). The zero-order chi connectivity index (χ0) is 8.55. The first-order valence-electron chi connectivity index (χ1n) is 3.39. The Hall–Kier alpha value is -1.91. The number of pyridine rings is 1. The van der Waals surface area contributed by atoms with Gasteiger partial charge in [-0.1, -0.05) is 0 Å². The van der Waals surface area contributed by atoms with Crippen LogP contribution < -0.4 is 11.5 Å². The highest BCUT2D eigenvalue weighted by Crippen LogP contribution is 2.20. The minimum absolute atomic E-state index is 0.366. The number of anilines is 2. The van der Waals surface area contributed by atoms with Gasteiger partial charge in [0, 0.05) is 11.9 Å². The smallest absolute Gasteiger partial charge is 0.166 e. The van der Waals surface area contributed by atoms with Gasteiger partial charge in [0.1, 0.15) is 12.1 Å². The van der Waals surface area contributed by atoms with Crippen LogP contribution in [-0.4, -0.2) is 15.0 Å². The van der Waals surface area contributed by atoms with Crippen LogP contribution in [0.4, 0.5) is 11.5 Å². The average Bonchev–Trinajstić information content (AvgIpc) is 2.04. The molecule has 0 radical (unpaired) electrons. The summed E-state index contributed by atoms with van der Waals surface area (Å²) in [6, 6.07) is 1.67. The molecule has 0 aromatic carbocycles. The van der Waals surface area contributed by atoms with Gasteiger partial charge in [-0.15, -0.1) is 0 Å². The quantitative estimate of drug-likeness (QED) is 0.575. The van der Waals surface area contributed by atoms with Gasteiger partial charge in [0.15, 0.2) is 5.65 Å². The molecule has 0 saturated heterocycles. The average molecular weight is 161 g/mol.